The molecule has 2 rings (SSSR count). The normalized spacial score (nSPS) is 13.7. The molecule has 3 nitrogen and oxygen atoms in total. The van der Waals surface area contributed by atoms with Crippen LogP contribution in [0.2, 0.25) is 0 Å². The van der Waals surface area contributed by atoms with Crippen LogP contribution in [-0.4, -0.2) is 16.2 Å². The van der Waals surface area contributed by atoms with E-state index >= 15 is 0 Å². The van der Waals surface area contributed by atoms with Gasteiger partial charge in [0.25, 0.3) is 0 Å². The molecule has 0 saturated carbocycles. The molecule has 2 aromatic rings. The average molecular weight is 311 g/mol. The molecule has 1 aromatic heterocycles. The third-order valence-corrected chi connectivity index (χ3v) is 3.64. The van der Waals surface area contributed by atoms with Crippen LogP contribution in [-0.2, 0) is 0 Å². The Morgan fingerprint density at radius 1 is 1.22 bits per heavy atom. The summed E-state index contributed by atoms with van der Waals surface area (Å²) >= 11 is 0. The standard InChI is InChI=1S/C20H25NO2/c1-14-8-9-17(15(2)11-14)23-18(19(22)20(3,4)5)12-16-7-6-10-21-13-16/h6-13,19,22H,1-5H3/b18-12+. The van der Waals surface area contributed by atoms with E-state index in [9.17, 15) is 5.11 Å². The first-order valence-corrected chi connectivity index (χ1v) is 7.82. The van der Waals surface area contributed by atoms with E-state index in [2.05, 4.69) is 11.1 Å². The number of hydrogen-bond acceptors (Lipinski definition) is 3. The highest BCUT2D eigenvalue weighted by Gasteiger charge is 2.28. The van der Waals surface area contributed by atoms with Gasteiger partial charge in [0.2, 0.25) is 0 Å². The summed E-state index contributed by atoms with van der Waals surface area (Å²) in [4.78, 5) is 4.11. The topological polar surface area (TPSA) is 42.4 Å². The van der Waals surface area contributed by atoms with E-state index in [0.717, 1.165) is 16.9 Å². The van der Waals surface area contributed by atoms with E-state index in [4.69, 9.17) is 4.74 Å². The van der Waals surface area contributed by atoms with Crippen LogP contribution in [0.5, 0.6) is 5.75 Å². The molecule has 1 atom stereocenters. The number of aryl methyl sites for hydroxylation is 2. The molecule has 23 heavy (non-hydrogen) atoms. The average Bonchev–Trinajstić information content (AvgIpc) is 2.48. The maximum atomic E-state index is 10.7. The molecule has 1 N–H and O–H groups in total. The van der Waals surface area contributed by atoms with Gasteiger partial charge in [-0.25, -0.2) is 0 Å². The van der Waals surface area contributed by atoms with Crippen molar-refractivity contribution in [1.29, 1.82) is 0 Å². The van der Waals surface area contributed by atoms with Gasteiger partial charge in [-0.1, -0.05) is 44.5 Å². The molecular weight excluding hydrogens is 286 g/mol. The number of rotatable bonds is 4. The number of pyridine rings is 1. The maximum absolute atomic E-state index is 10.7. The fourth-order valence-electron chi connectivity index (χ4n) is 2.26. The van der Waals surface area contributed by atoms with Gasteiger partial charge in [0, 0.05) is 12.4 Å². The Morgan fingerprint density at radius 2 is 1.96 bits per heavy atom. The Labute approximate surface area is 138 Å². The summed E-state index contributed by atoms with van der Waals surface area (Å²) in [6.45, 7) is 10.0. The van der Waals surface area contributed by atoms with Gasteiger partial charge in [-0.3, -0.25) is 4.98 Å². The van der Waals surface area contributed by atoms with Crippen molar-refractivity contribution in [2.75, 3.05) is 0 Å². The largest absolute Gasteiger partial charge is 0.459 e. The molecule has 0 aliphatic heterocycles. The van der Waals surface area contributed by atoms with Gasteiger partial charge in [-0.15, -0.1) is 0 Å². The van der Waals surface area contributed by atoms with E-state index in [1.54, 1.807) is 12.4 Å². The number of aromatic nitrogens is 1. The zero-order chi connectivity index (χ0) is 17.0. The second-order valence-electron chi connectivity index (χ2n) is 6.97. The van der Waals surface area contributed by atoms with Crippen molar-refractivity contribution in [2.24, 2.45) is 5.41 Å². The van der Waals surface area contributed by atoms with E-state index in [-0.39, 0.29) is 5.41 Å². The lowest BCUT2D eigenvalue weighted by Gasteiger charge is -2.28. The molecule has 0 fully saturated rings. The predicted molar refractivity (Wildman–Crippen MR) is 94.2 cm³/mol. The summed E-state index contributed by atoms with van der Waals surface area (Å²) in [7, 11) is 0. The fraction of sp³-hybridized carbons (Fsp3) is 0.350. The van der Waals surface area contributed by atoms with Crippen molar-refractivity contribution < 1.29 is 9.84 Å². The third kappa shape index (κ3) is 4.67. The summed E-state index contributed by atoms with van der Waals surface area (Å²) in [5.41, 5.74) is 2.80. The van der Waals surface area contributed by atoms with Gasteiger partial charge in [0.1, 0.15) is 17.6 Å². The van der Waals surface area contributed by atoms with Gasteiger partial charge in [0.05, 0.1) is 0 Å². The monoisotopic (exact) mass is 311 g/mol. The minimum atomic E-state index is -0.719. The van der Waals surface area contributed by atoms with Crippen molar-refractivity contribution in [3.8, 4) is 5.75 Å². The molecule has 122 valence electrons. The van der Waals surface area contributed by atoms with Gasteiger partial charge in [-0.2, -0.15) is 0 Å². The highest BCUT2D eigenvalue weighted by Crippen LogP contribution is 2.30. The summed E-state index contributed by atoms with van der Waals surface area (Å²) in [6.07, 6.45) is 4.61. The Kier molecular flexibility index (Phi) is 5.22. The summed E-state index contributed by atoms with van der Waals surface area (Å²) in [5, 5.41) is 10.7. The third-order valence-electron chi connectivity index (χ3n) is 3.64. The first kappa shape index (κ1) is 17.2. The molecule has 1 aromatic carbocycles. The van der Waals surface area contributed by atoms with Crippen molar-refractivity contribution >= 4 is 6.08 Å². The van der Waals surface area contributed by atoms with Crippen LogP contribution in [0.1, 0.15) is 37.5 Å². The molecule has 0 radical (unpaired) electrons. The Balaban J connectivity index is 2.39. The molecule has 0 spiro atoms. The van der Waals surface area contributed by atoms with E-state index < -0.39 is 6.10 Å². The van der Waals surface area contributed by atoms with Crippen LogP contribution >= 0.6 is 0 Å². The molecular formula is C20H25NO2. The number of nitrogens with zero attached hydrogens (tertiary/aromatic N) is 1. The van der Waals surface area contributed by atoms with Gasteiger partial charge >= 0.3 is 0 Å². The summed E-state index contributed by atoms with van der Waals surface area (Å²) < 4.78 is 6.08. The number of hydrogen-bond donors (Lipinski definition) is 1. The molecule has 0 aliphatic carbocycles. The van der Waals surface area contributed by atoms with Crippen molar-refractivity contribution in [2.45, 2.75) is 40.7 Å². The molecule has 0 aliphatic rings. The number of ether oxygens (including phenoxy) is 1. The summed E-state index contributed by atoms with van der Waals surface area (Å²) in [6, 6.07) is 9.82. The van der Waals surface area contributed by atoms with Crippen molar-refractivity contribution in [3.63, 3.8) is 0 Å². The number of aliphatic hydroxyl groups excluding tert-OH is 1. The summed E-state index contributed by atoms with van der Waals surface area (Å²) in [5.74, 6) is 1.28. The minimum absolute atomic E-state index is 0.327. The zero-order valence-corrected chi connectivity index (χ0v) is 14.5. The predicted octanol–water partition coefficient (Wildman–Crippen LogP) is 4.53. The molecule has 3 heteroatoms. The first-order valence-electron chi connectivity index (χ1n) is 7.82. The van der Waals surface area contributed by atoms with Crippen LogP contribution in [0.3, 0.4) is 0 Å². The minimum Gasteiger partial charge on any atom is -0.459 e. The van der Waals surface area contributed by atoms with E-state index in [1.807, 2.05) is 65.0 Å². The van der Waals surface area contributed by atoms with Gasteiger partial charge < -0.3 is 9.84 Å². The fourth-order valence-corrected chi connectivity index (χ4v) is 2.26. The lowest BCUT2D eigenvalue weighted by molar-refractivity contribution is 0.0640. The van der Waals surface area contributed by atoms with Crippen LogP contribution < -0.4 is 4.74 Å². The Morgan fingerprint density at radius 3 is 2.52 bits per heavy atom. The van der Waals surface area contributed by atoms with Gasteiger partial charge in [0.15, 0.2) is 0 Å². The molecule has 0 bridgehead atoms. The van der Waals surface area contributed by atoms with Crippen LogP contribution in [0.4, 0.5) is 0 Å². The molecule has 1 heterocycles. The first-order chi connectivity index (χ1) is 10.8. The quantitative estimate of drug-likeness (QED) is 0.844. The van der Waals surface area contributed by atoms with Crippen molar-refractivity contribution in [1.82, 2.24) is 4.98 Å². The highest BCUT2D eigenvalue weighted by atomic mass is 16.5. The highest BCUT2D eigenvalue weighted by molar-refractivity contribution is 5.52. The van der Waals surface area contributed by atoms with Gasteiger partial charge in [-0.05, 0) is 48.6 Å². The smallest absolute Gasteiger partial charge is 0.134 e. The SMILES string of the molecule is Cc1ccc(O/C(=C/c2cccnc2)C(O)C(C)(C)C)c(C)c1. The van der Waals surface area contributed by atoms with Crippen LogP contribution in [0.25, 0.3) is 6.08 Å². The Bertz CT molecular complexity index is 685. The molecule has 0 saturated heterocycles. The zero-order valence-electron chi connectivity index (χ0n) is 14.5. The maximum Gasteiger partial charge on any atom is 0.134 e. The second kappa shape index (κ2) is 6.97. The van der Waals surface area contributed by atoms with E-state index in [0.29, 0.717) is 5.76 Å². The van der Waals surface area contributed by atoms with Crippen LogP contribution in [0.15, 0.2) is 48.5 Å². The molecule has 1 unspecified atom stereocenters. The Hall–Kier alpha value is -2.13. The second-order valence-corrected chi connectivity index (χ2v) is 6.97. The number of aliphatic hydroxyl groups is 1. The molecule has 0 amide bonds. The number of benzene rings is 1. The van der Waals surface area contributed by atoms with E-state index in [1.165, 1.54) is 5.56 Å². The van der Waals surface area contributed by atoms with Crippen molar-refractivity contribution in [3.05, 3.63) is 65.2 Å². The van der Waals surface area contributed by atoms with Crippen LogP contribution in [0, 0.1) is 19.3 Å². The lowest BCUT2D eigenvalue weighted by atomic mass is 9.87. The lowest BCUT2D eigenvalue weighted by Crippen LogP contribution is -2.30.